The molecule has 0 bridgehead atoms. The molecule has 0 radical (unpaired) electrons. The molecule has 0 unspecified atom stereocenters. The molecule has 78 valence electrons. The zero-order valence-electron chi connectivity index (χ0n) is 8.68. The minimum atomic E-state index is 0.784. The Morgan fingerprint density at radius 3 is 2.93 bits per heavy atom. The zero-order chi connectivity index (χ0) is 10.6. The first kappa shape index (κ1) is 11.5. The van der Waals surface area contributed by atoms with Gasteiger partial charge < -0.3 is 5.32 Å². The molecule has 1 N–H and O–H groups in total. The minimum absolute atomic E-state index is 0.784. The molecular weight excluding hydrogens is 242 g/mol. The van der Waals surface area contributed by atoms with Gasteiger partial charge in [0.25, 0.3) is 0 Å². The largest absolute Gasteiger partial charge is 0.307 e. The van der Waals surface area contributed by atoms with Crippen LogP contribution >= 0.6 is 15.9 Å². The van der Waals surface area contributed by atoms with E-state index >= 15 is 0 Å². The van der Waals surface area contributed by atoms with Gasteiger partial charge in [0.1, 0.15) is 0 Å². The Morgan fingerprint density at radius 1 is 1.71 bits per heavy atom. The Kier molecular flexibility index (Phi) is 4.35. The van der Waals surface area contributed by atoms with Crippen molar-refractivity contribution in [2.45, 2.75) is 19.9 Å². The van der Waals surface area contributed by atoms with Gasteiger partial charge in [0.2, 0.25) is 0 Å². The second-order valence-electron chi connectivity index (χ2n) is 3.22. The first-order chi connectivity index (χ1) is 6.63. The van der Waals surface area contributed by atoms with E-state index in [1.807, 2.05) is 11.7 Å². The second-order valence-corrected chi connectivity index (χ2v) is 4.35. The Bertz CT molecular complexity index is 317. The van der Waals surface area contributed by atoms with Crippen LogP contribution in [0.4, 0.5) is 0 Å². The van der Waals surface area contributed by atoms with Crippen molar-refractivity contribution in [1.29, 1.82) is 0 Å². The predicted molar refractivity (Wildman–Crippen MR) is 62.4 cm³/mol. The van der Waals surface area contributed by atoms with E-state index in [1.54, 1.807) is 0 Å². The summed E-state index contributed by atoms with van der Waals surface area (Å²) in [7, 11) is 1.97. The summed E-state index contributed by atoms with van der Waals surface area (Å²) in [5.74, 6) is 0. The normalized spacial score (nSPS) is 10.5. The van der Waals surface area contributed by atoms with E-state index in [-0.39, 0.29) is 0 Å². The lowest BCUT2D eigenvalue weighted by Gasteiger charge is -2.03. The van der Waals surface area contributed by atoms with Gasteiger partial charge in [-0.25, -0.2) is 0 Å². The van der Waals surface area contributed by atoms with Crippen molar-refractivity contribution >= 4 is 15.9 Å². The molecule has 14 heavy (non-hydrogen) atoms. The van der Waals surface area contributed by atoms with Crippen molar-refractivity contribution in [1.82, 2.24) is 15.1 Å². The van der Waals surface area contributed by atoms with Gasteiger partial charge >= 0.3 is 0 Å². The van der Waals surface area contributed by atoms with E-state index in [4.69, 9.17) is 0 Å². The van der Waals surface area contributed by atoms with Crippen LogP contribution in [0.1, 0.15) is 18.3 Å². The Hall–Kier alpha value is -0.610. The third kappa shape index (κ3) is 3.27. The smallest absolute Gasteiger partial charge is 0.0625 e. The van der Waals surface area contributed by atoms with E-state index in [9.17, 15) is 0 Å². The number of rotatable bonds is 5. The van der Waals surface area contributed by atoms with Crippen LogP contribution in [0.5, 0.6) is 0 Å². The number of hydrogen-bond donors (Lipinski definition) is 1. The fourth-order valence-corrected chi connectivity index (χ4v) is 1.43. The molecule has 0 fully saturated rings. The van der Waals surface area contributed by atoms with E-state index in [0.717, 1.165) is 29.7 Å². The molecule has 3 nitrogen and oxygen atoms in total. The predicted octanol–water partition coefficient (Wildman–Crippen LogP) is 1.98. The quantitative estimate of drug-likeness (QED) is 0.875. The van der Waals surface area contributed by atoms with Crippen molar-refractivity contribution in [3.05, 3.63) is 28.5 Å². The molecule has 0 atom stereocenters. The molecule has 0 aromatic carbocycles. The highest BCUT2D eigenvalue weighted by Gasteiger charge is 2.02. The average Bonchev–Trinajstić information content (AvgIpc) is 2.47. The van der Waals surface area contributed by atoms with Gasteiger partial charge in [-0.15, -0.1) is 0 Å². The van der Waals surface area contributed by atoms with Crippen molar-refractivity contribution in [3.8, 4) is 0 Å². The molecule has 0 aliphatic heterocycles. The number of aryl methyl sites for hydroxylation is 2. The van der Waals surface area contributed by atoms with Crippen LogP contribution in [0.3, 0.4) is 0 Å². The maximum atomic E-state index is 4.37. The molecule has 0 saturated heterocycles. The molecule has 1 heterocycles. The van der Waals surface area contributed by atoms with Gasteiger partial charge in [-0.05, 0) is 12.5 Å². The minimum Gasteiger partial charge on any atom is -0.307 e. The highest BCUT2D eigenvalue weighted by atomic mass is 79.9. The zero-order valence-corrected chi connectivity index (χ0v) is 10.3. The van der Waals surface area contributed by atoms with Gasteiger partial charge in [-0.1, -0.05) is 29.4 Å². The summed E-state index contributed by atoms with van der Waals surface area (Å²) in [6.45, 7) is 7.48. The number of hydrogen-bond acceptors (Lipinski definition) is 2. The van der Waals surface area contributed by atoms with Crippen LogP contribution in [-0.4, -0.2) is 16.3 Å². The van der Waals surface area contributed by atoms with Crippen LogP contribution in [0.25, 0.3) is 0 Å². The highest BCUT2D eigenvalue weighted by molar-refractivity contribution is 9.11. The van der Waals surface area contributed by atoms with Crippen molar-refractivity contribution in [2.75, 3.05) is 6.54 Å². The number of halogens is 1. The fraction of sp³-hybridized carbons (Fsp3) is 0.500. The Balaban J connectivity index is 2.49. The van der Waals surface area contributed by atoms with Crippen molar-refractivity contribution in [2.24, 2.45) is 7.05 Å². The summed E-state index contributed by atoms with van der Waals surface area (Å²) in [6.07, 6.45) is 0.985. The number of nitrogens with zero attached hydrogens (tertiary/aromatic N) is 2. The monoisotopic (exact) mass is 257 g/mol. The molecule has 0 saturated carbocycles. The first-order valence-corrected chi connectivity index (χ1v) is 5.48. The lowest BCUT2D eigenvalue weighted by atomic mass is 10.3. The summed E-state index contributed by atoms with van der Waals surface area (Å²) in [6, 6.07) is 2.13. The third-order valence-corrected chi connectivity index (χ3v) is 2.29. The van der Waals surface area contributed by atoms with Crippen LogP contribution in [0.2, 0.25) is 0 Å². The highest BCUT2D eigenvalue weighted by Crippen LogP contribution is 2.04. The van der Waals surface area contributed by atoms with Gasteiger partial charge in [0.05, 0.1) is 11.4 Å². The third-order valence-electron chi connectivity index (χ3n) is 2.01. The van der Waals surface area contributed by atoms with Gasteiger partial charge in [-0.2, -0.15) is 5.10 Å². The molecule has 0 aliphatic carbocycles. The van der Waals surface area contributed by atoms with Gasteiger partial charge in [-0.3, -0.25) is 4.68 Å². The van der Waals surface area contributed by atoms with Crippen LogP contribution in [-0.2, 0) is 20.0 Å². The summed E-state index contributed by atoms with van der Waals surface area (Å²) in [5, 5.41) is 7.64. The molecule has 4 heteroatoms. The van der Waals surface area contributed by atoms with E-state index in [2.05, 4.69) is 45.9 Å². The molecule has 0 aliphatic rings. The van der Waals surface area contributed by atoms with E-state index in [1.165, 1.54) is 5.69 Å². The second kappa shape index (κ2) is 5.32. The van der Waals surface area contributed by atoms with Crippen LogP contribution in [0.15, 0.2) is 17.1 Å². The van der Waals surface area contributed by atoms with Crippen LogP contribution in [0, 0.1) is 0 Å². The topological polar surface area (TPSA) is 29.9 Å². The molecular formula is C10H16BrN3. The average molecular weight is 258 g/mol. The maximum absolute atomic E-state index is 4.37. The summed E-state index contributed by atoms with van der Waals surface area (Å²) in [5.41, 5.74) is 2.34. The van der Waals surface area contributed by atoms with Crippen molar-refractivity contribution < 1.29 is 0 Å². The number of nitrogens with one attached hydrogen (secondary N) is 1. The molecule has 0 amide bonds. The maximum Gasteiger partial charge on any atom is 0.0625 e. The molecule has 1 rings (SSSR count). The van der Waals surface area contributed by atoms with Gasteiger partial charge in [0.15, 0.2) is 0 Å². The molecule has 0 spiro atoms. The summed E-state index contributed by atoms with van der Waals surface area (Å²) < 4.78 is 2.89. The SMILES string of the molecule is C=C(Br)CNCc1cc(CC)nn1C. The molecule has 1 aromatic heterocycles. The molecule has 1 aromatic rings. The summed E-state index contributed by atoms with van der Waals surface area (Å²) in [4.78, 5) is 0. The number of aromatic nitrogens is 2. The summed E-state index contributed by atoms with van der Waals surface area (Å²) >= 11 is 3.31. The van der Waals surface area contributed by atoms with Gasteiger partial charge in [0, 0.05) is 24.6 Å². The van der Waals surface area contributed by atoms with E-state index in [0.29, 0.717) is 0 Å². The van der Waals surface area contributed by atoms with E-state index < -0.39 is 0 Å². The Labute approximate surface area is 93.3 Å². The fourth-order valence-electron chi connectivity index (χ4n) is 1.24. The standard InChI is InChI=1S/C10H16BrN3/c1-4-9-5-10(14(3)13-9)7-12-6-8(2)11/h5,12H,2,4,6-7H2,1,3H3. The lowest BCUT2D eigenvalue weighted by Crippen LogP contribution is -2.16. The lowest BCUT2D eigenvalue weighted by molar-refractivity contribution is 0.649. The van der Waals surface area contributed by atoms with Crippen LogP contribution < -0.4 is 5.32 Å². The Morgan fingerprint density at radius 2 is 2.43 bits per heavy atom. The first-order valence-electron chi connectivity index (χ1n) is 4.69. The van der Waals surface area contributed by atoms with Crippen molar-refractivity contribution in [3.63, 3.8) is 0 Å².